The van der Waals surface area contributed by atoms with Gasteiger partial charge in [-0.1, -0.05) is 31.4 Å². The second-order valence-electron chi connectivity index (χ2n) is 5.15. The molecule has 2 rings (SSSR count). The van der Waals surface area contributed by atoms with Crippen molar-refractivity contribution in [1.82, 2.24) is 4.90 Å². The maximum absolute atomic E-state index is 5.74. The topological polar surface area (TPSA) is 29.3 Å². The van der Waals surface area contributed by atoms with E-state index in [4.69, 9.17) is 5.73 Å². The third-order valence-corrected chi connectivity index (χ3v) is 3.86. The fourth-order valence-corrected chi connectivity index (χ4v) is 2.64. The molecule has 0 aliphatic carbocycles. The summed E-state index contributed by atoms with van der Waals surface area (Å²) < 4.78 is 0. The van der Waals surface area contributed by atoms with Gasteiger partial charge in [0.05, 0.1) is 0 Å². The summed E-state index contributed by atoms with van der Waals surface area (Å²) >= 11 is 0. The van der Waals surface area contributed by atoms with Gasteiger partial charge in [-0.05, 0) is 50.6 Å². The molecule has 2 nitrogen and oxygen atoms in total. The van der Waals surface area contributed by atoms with E-state index in [1.165, 1.54) is 50.8 Å². The summed E-state index contributed by atoms with van der Waals surface area (Å²) in [5.41, 5.74) is 7.98. The first kappa shape index (κ1) is 12.4. The minimum atomic E-state index is 0.522. The highest BCUT2D eigenvalue weighted by Crippen LogP contribution is 2.23. The zero-order chi connectivity index (χ0) is 12.1. The molecular formula is C15H24N2. The molecule has 0 spiro atoms. The van der Waals surface area contributed by atoms with Gasteiger partial charge in [0.15, 0.2) is 0 Å². The number of nitrogens with zero attached hydrogens (tertiary/aromatic N) is 1. The predicted molar refractivity (Wildman–Crippen MR) is 73.9 cm³/mol. The number of hydrogen-bond acceptors (Lipinski definition) is 2. The first-order valence-electron chi connectivity index (χ1n) is 6.87. The molecule has 0 bridgehead atoms. The highest BCUT2D eigenvalue weighted by Gasteiger charge is 2.16. The Morgan fingerprint density at radius 1 is 0.941 bits per heavy atom. The van der Waals surface area contributed by atoms with Crippen molar-refractivity contribution in [1.29, 1.82) is 0 Å². The van der Waals surface area contributed by atoms with E-state index in [1.807, 2.05) is 12.1 Å². The molecule has 1 aliphatic heterocycles. The van der Waals surface area contributed by atoms with Crippen molar-refractivity contribution in [2.45, 2.75) is 45.1 Å². The number of nitrogen functional groups attached to an aromatic ring is 1. The average molecular weight is 232 g/mol. The van der Waals surface area contributed by atoms with E-state index in [1.54, 1.807) is 0 Å². The molecule has 1 fully saturated rings. The van der Waals surface area contributed by atoms with Crippen LogP contribution >= 0.6 is 0 Å². The van der Waals surface area contributed by atoms with E-state index < -0.39 is 0 Å². The van der Waals surface area contributed by atoms with Crippen LogP contribution in [0.15, 0.2) is 24.3 Å². The lowest BCUT2D eigenvalue weighted by molar-refractivity contribution is 0.191. The molecule has 0 saturated carbocycles. The SMILES string of the molecule is CC(c1ccc(N)cc1)N1CCCCCCC1. The Hall–Kier alpha value is -1.02. The molecule has 17 heavy (non-hydrogen) atoms. The lowest BCUT2D eigenvalue weighted by atomic mass is 10.0. The van der Waals surface area contributed by atoms with E-state index in [9.17, 15) is 0 Å². The normalized spacial score (nSPS) is 20.5. The van der Waals surface area contributed by atoms with E-state index in [0.717, 1.165) is 5.69 Å². The Bertz CT molecular complexity index is 323. The van der Waals surface area contributed by atoms with Crippen molar-refractivity contribution < 1.29 is 0 Å². The monoisotopic (exact) mass is 232 g/mol. The van der Waals surface area contributed by atoms with Crippen LogP contribution in [0.25, 0.3) is 0 Å². The number of benzene rings is 1. The van der Waals surface area contributed by atoms with Gasteiger partial charge in [0, 0.05) is 11.7 Å². The fraction of sp³-hybridized carbons (Fsp3) is 0.600. The molecule has 1 aromatic carbocycles. The molecular weight excluding hydrogens is 208 g/mol. The van der Waals surface area contributed by atoms with Gasteiger partial charge in [0.25, 0.3) is 0 Å². The van der Waals surface area contributed by atoms with Gasteiger partial charge in [0.1, 0.15) is 0 Å². The fourth-order valence-electron chi connectivity index (χ4n) is 2.64. The quantitative estimate of drug-likeness (QED) is 0.789. The van der Waals surface area contributed by atoms with Crippen LogP contribution in [0.3, 0.4) is 0 Å². The molecule has 0 radical (unpaired) electrons. The van der Waals surface area contributed by atoms with Gasteiger partial charge in [-0.2, -0.15) is 0 Å². The van der Waals surface area contributed by atoms with Crippen LogP contribution in [-0.4, -0.2) is 18.0 Å². The molecule has 2 heteroatoms. The summed E-state index contributed by atoms with van der Waals surface area (Å²) in [5.74, 6) is 0. The highest BCUT2D eigenvalue weighted by molar-refractivity contribution is 5.40. The molecule has 0 amide bonds. The van der Waals surface area contributed by atoms with Crippen LogP contribution in [0.1, 0.15) is 50.6 Å². The number of likely N-dealkylation sites (tertiary alicyclic amines) is 1. The van der Waals surface area contributed by atoms with Crippen molar-refractivity contribution in [3.8, 4) is 0 Å². The van der Waals surface area contributed by atoms with Crippen LogP contribution in [0.2, 0.25) is 0 Å². The maximum Gasteiger partial charge on any atom is 0.0319 e. The molecule has 94 valence electrons. The van der Waals surface area contributed by atoms with Crippen LogP contribution in [0.4, 0.5) is 5.69 Å². The number of nitrogens with two attached hydrogens (primary N) is 1. The van der Waals surface area contributed by atoms with E-state index in [0.29, 0.717) is 6.04 Å². The molecule has 1 aliphatic rings. The molecule has 1 saturated heterocycles. The number of anilines is 1. The van der Waals surface area contributed by atoms with Crippen LogP contribution in [-0.2, 0) is 0 Å². The summed E-state index contributed by atoms with van der Waals surface area (Å²) in [6.45, 7) is 4.80. The third kappa shape index (κ3) is 3.47. The van der Waals surface area contributed by atoms with Crippen molar-refractivity contribution in [2.75, 3.05) is 18.8 Å². The first-order valence-corrected chi connectivity index (χ1v) is 6.87. The summed E-state index contributed by atoms with van der Waals surface area (Å²) in [6.07, 6.45) is 6.90. The second-order valence-corrected chi connectivity index (χ2v) is 5.15. The van der Waals surface area contributed by atoms with E-state index in [2.05, 4.69) is 24.0 Å². The lowest BCUT2D eigenvalue weighted by Crippen LogP contribution is -2.30. The van der Waals surface area contributed by atoms with Gasteiger partial charge in [0.2, 0.25) is 0 Å². The molecule has 2 N–H and O–H groups in total. The van der Waals surface area contributed by atoms with Crippen molar-refractivity contribution in [2.24, 2.45) is 0 Å². The standard InChI is InChI=1S/C15H24N2/c1-13(14-7-9-15(16)10-8-14)17-11-5-3-2-4-6-12-17/h7-10,13H,2-6,11-12,16H2,1H3. The molecule has 1 unspecified atom stereocenters. The summed E-state index contributed by atoms with van der Waals surface area (Å²) in [7, 11) is 0. The highest BCUT2D eigenvalue weighted by atomic mass is 15.1. The summed E-state index contributed by atoms with van der Waals surface area (Å²) in [5, 5.41) is 0. The lowest BCUT2D eigenvalue weighted by Gasteiger charge is -2.31. The Kier molecular flexibility index (Phi) is 4.43. The predicted octanol–water partition coefficient (Wildman–Crippen LogP) is 3.60. The average Bonchev–Trinajstić information content (AvgIpc) is 2.29. The first-order chi connectivity index (χ1) is 8.27. The van der Waals surface area contributed by atoms with Gasteiger partial charge in [-0.15, -0.1) is 0 Å². The zero-order valence-corrected chi connectivity index (χ0v) is 10.9. The van der Waals surface area contributed by atoms with Crippen molar-refractivity contribution in [3.63, 3.8) is 0 Å². The van der Waals surface area contributed by atoms with Crippen LogP contribution in [0.5, 0.6) is 0 Å². The minimum Gasteiger partial charge on any atom is -0.399 e. The number of rotatable bonds is 2. The van der Waals surface area contributed by atoms with Gasteiger partial charge >= 0.3 is 0 Å². The Labute approximate surface area is 105 Å². The Morgan fingerprint density at radius 3 is 2.06 bits per heavy atom. The van der Waals surface area contributed by atoms with Crippen LogP contribution < -0.4 is 5.73 Å². The third-order valence-electron chi connectivity index (χ3n) is 3.86. The number of hydrogen-bond donors (Lipinski definition) is 1. The molecule has 0 aromatic heterocycles. The molecule has 1 heterocycles. The van der Waals surface area contributed by atoms with Crippen molar-refractivity contribution in [3.05, 3.63) is 29.8 Å². The van der Waals surface area contributed by atoms with Gasteiger partial charge < -0.3 is 5.73 Å². The largest absolute Gasteiger partial charge is 0.399 e. The van der Waals surface area contributed by atoms with Crippen molar-refractivity contribution >= 4 is 5.69 Å². The Morgan fingerprint density at radius 2 is 1.47 bits per heavy atom. The summed E-state index contributed by atoms with van der Waals surface area (Å²) in [4.78, 5) is 2.62. The van der Waals surface area contributed by atoms with Gasteiger partial charge in [-0.3, -0.25) is 4.90 Å². The van der Waals surface area contributed by atoms with Gasteiger partial charge in [-0.25, -0.2) is 0 Å². The van der Waals surface area contributed by atoms with E-state index in [-0.39, 0.29) is 0 Å². The van der Waals surface area contributed by atoms with Crippen LogP contribution in [0, 0.1) is 0 Å². The zero-order valence-electron chi connectivity index (χ0n) is 10.9. The van der Waals surface area contributed by atoms with E-state index >= 15 is 0 Å². The molecule has 1 atom stereocenters. The minimum absolute atomic E-state index is 0.522. The summed E-state index contributed by atoms with van der Waals surface area (Å²) in [6, 6.07) is 8.87. The smallest absolute Gasteiger partial charge is 0.0319 e. The maximum atomic E-state index is 5.74. The Balaban J connectivity index is 2.01. The molecule has 1 aromatic rings. The second kappa shape index (κ2) is 6.06.